The van der Waals surface area contributed by atoms with Crippen molar-refractivity contribution in [2.24, 2.45) is 0 Å². The third kappa shape index (κ3) is 4.51. The van der Waals surface area contributed by atoms with Crippen LogP contribution >= 0.6 is 11.6 Å². The van der Waals surface area contributed by atoms with E-state index in [-0.39, 0.29) is 29.0 Å². The number of anilines is 1. The normalized spacial score (nSPS) is 20.2. The van der Waals surface area contributed by atoms with Gasteiger partial charge in [-0.3, -0.25) is 9.52 Å². The lowest BCUT2D eigenvalue weighted by Gasteiger charge is -2.38. The minimum absolute atomic E-state index is 0.0759. The second-order valence-electron chi connectivity index (χ2n) is 9.70. The first-order valence-electron chi connectivity index (χ1n) is 11.7. The van der Waals surface area contributed by atoms with Gasteiger partial charge in [0, 0.05) is 36.2 Å². The van der Waals surface area contributed by atoms with Gasteiger partial charge in [-0.05, 0) is 55.5 Å². The number of hydrogen-bond acceptors (Lipinski definition) is 6. The quantitative estimate of drug-likeness (QED) is 0.582. The zero-order valence-corrected chi connectivity index (χ0v) is 22.0. The maximum Gasteiger partial charge on any atom is 0.264 e. The topological polar surface area (TPSA) is 110 Å². The molecular weight excluding hydrogens is 531 g/mol. The predicted molar refractivity (Wildman–Crippen MR) is 133 cm³/mol. The van der Waals surface area contributed by atoms with E-state index in [0.29, 0.717) is 44.5 Å². The fraction of sp³-hybridized carbons (Fsp3) is 0.458. The summed E-state index contributed by atoms with van der Waals surface area (Å²) in [5.74, 6) is -0.489. The van der Waals surface area contributed by atoms with Crippen molar-refractivity contribution in [3.8, 4) is 5.75 Å². The molecule has 1 heterocycles. The first-order chi connectivity index (χ1) is 16.9. The Labute approximate surface area is 214 Å². The Morgan fingerprint density at radius 3 is 2.39 bits per heavy atom. The van der Waals surface area contributed by atoms with E-state index in [1.807, 2.05) is 0 Å². The summed E-state index contributed by atoms with van der Waals surface area (Å²) in [6.45, 7) is 0.632. The number of ketones is 1. The van der Waals surface area contributed by atoms with E-state index in [2.05, 4.69) is 4.72 Å². The molecule has 1 spiro atoms. The van der Waals surface area contributed by atoms with Gasteiger partial charge >= 0.3 is 0 Å². The van der Waals surface area contributed by atoms with Gasteiger partial charge in [-0.15, -0.1) is 0 Å². The molecule has 36 heavy (non-hydrogen) atoms. The molecule has 0 radical (unpaired) electrons. The SMILES string of the molecule is CS(=O)(=O)N1CCC(Oc2cc(NS(=O)(=O)c3ccc(Cl)cc3F)cc3c2CC(=O)C32CCC2)CC1. The van der Waals surface area contributed by atoms with Gasteiger partial charge in [-0.1, -0.05) is 18.0 Å². The van der Waals surface area contributed by atoms with Gasteiger partial charge < -0.3 is 4.74 Å². The van der Waals surface area contributed by atoms with Crippen molar-refractivity contribution in [3.05, 3.63) is 52.3 Å². The number of carbonyl (C=O) groups excluding carboxylic acids is 1. The summed E-state index contributed by atoms with van der Waals surface area (Å²) in [6, 6.07) is 6.50. The largest absolute Gasteiger partial charge is 0.490 e. The van der Waals surface area contributed by atoms with Crippen LogP contribution in [0, 0.1) is 5.82 Å². The van der Waals surface area contributed by atoms with Gasteiger partial charge in [0.2, 0.25) is 10.0 Å². The Balaban J connectivity index is 1.48. The minimum Gasteiger partial charge on any atom is -0.490 e. The Hall–Kier alpha value is -2.21. The number of Topliss-reactive ketones (excluding diaryl/α,β-unsaturated/α-hetero) is 1. The van der Waals surface area contributed by atoms with Gasteiger partial charge in [-0.25, -0.2) is 25.5 Å². The average molecular weight is 557 g/mol. The molecule has 1 saturated heterocycles. The molecule has 0 amide bonds. The van der Waals surface area contributed by atoms with E-state index >= 15 is 0 Å². The molecule has 0 bridgehead atoms. The van der Waals surface area contributed by atoms with Crippen LogP contribution in [0.5, 0.6) is 5.75 Å². The van der Waals surface area contributed by atoms with Gasteiger partial charge in [0.25, 0.3) is 10.0 Å². The average Bonchev–Trinajstić information content (AvgIpc) is 3.05. The molecule has 1 aliphatic heterocycles. The van der Waals surface area contributed by atoms with Crippen LogP contribution in [0.2, 0.25) is 5.02 Å². The van der Waals surface area contributed by atoms with Crippen LogP contribution < -0.4 is 9.46 Å². The summed E-state index contributed by atoms with van der Waals surface area (Å²) in [5, 5.41) is 0.0759. The summed E-state index contributed by atoms with van der Waals surface area (Å²) in [7, 11) is -7.58. The van der Waals surface area contributed by atoms with Crippen LogP contribution in [0.15, 0.2) is 35.2 Å². The Kier molecular flexibility index (Phi) is 6.34. The van der Waals surface area contributed by atoms with Gasteiger partial charge in [0.15, 0.2) is 0 Å². The van der Waals surface area contributed by atoms with E-state index in [4.69, 9.17) is 16.3 Å². The number of benzene rings is 2. The molecule has 2 aromatic carbocycles. The van der Waals surface area contributed by atoms with Crippen LogP contribution in [0.25, 0.3) is 0 Å². The molecule has 0 unspecified atom stereocenters. The molecule has 2 fully saturated rings. The van der Waals surface area contributed by atoms with Crippen molar-refractivity contribution in [3.63, 3.8) is 0 Å². The van der Waals surface area contributed by atoms with Crippen LogP contribution in [0.4, 0.5) is 10.1 Å². The van der Waals surface area contributed by atoms with Crippen molar-refractivity contribution in [2.45, 2.75) is 54.9 Å². The second kappa shape index (κ2) is 8.97. The lowest BCUT2D eigenvalue weighted by molar-refractivity contribution is -0.125. The predicted octanol–water partition coefficient (Wildman–Crippen LogP) is 3.63. The van der Waals surface area contributed by atoms with Gasteiger partial charge in [0.1, 0.15) is 28.3 Å². The molecule has 12 heteroatoms. The summed E-state index contributed by atoms with van der Waals surface area (Å²) < 4.78 is 74.2. The first kappa shape index (κ1) is 25.4. The maximum absolute atomic E-state index is 14.4. The number of ether oxygens (including phenoxy) is 1. The number of fused-ring (bicyclic) bond motifs is 2. The zero-order chi connectivity index (χ0) is 25.9. The molecule has 2 aromatic rings. The number of piperidine rings is 1. The summed E-state index contributed by atoms with van der Waals surface area (Å²) in [5.41, 5.74) is 1.03. The van der Waals surface area contributed by atoms with Gasteiger partial charge in [0.05, 0.1) is 17.4 Å². The lowest BCUT2D eigenvalue weighted by atomic mass is 9.64. The smallest absolute Gasteiger partial charge is 0.264 e. The number of sulfonamides is 2. The molecule has 5 rings (SSSR count). The zero-order valence-electron chi connectivity index (χ0n) is 19.6. The van der Waals surface area contributed by atoms with E-state index < -0.39 is 36.2 Å². The monoisotopic (exact) mass is 556 g/mol. The van der Waals surface area contributed by atoms with Crippen molar-refractivity contribution >= 4 is 43.1 Å². The molecule has 2 aliphatic carbocycles. The van der Waals surface area contributed by atoms with E-state index in [0.717, 1.165) is 29.7 Å². The fourth-order valence-corrected chi connectivity index (χ4v) is 7.48. The molecule has 8 nitrogen and oxygen atoms in total. The van der Waals surface area contributed by atoms with E-state index in [9.17, 15) is 26.0 Å². The number of carbonyl (C=O) groups is 1. The number of nitrogens with zero attached hydrogens (tertiary/aromatic N) is 1. The molecule has 0 atom stereocenters. The van der Waals surface area contributed by atoms with Crippen molar-refractivity contribution in [1.82, 2.24) is 4.31 Å². The van der Waals surface area contributed by atoms with Crippen LogP contribution in [0.3, 0.4) is 0 Å². The van der Waals surface area contributed by atoms with Crippen molar-refractivity contribution < 1.29 is 30.8 Å². The van der Waals surface area contributed by atoms with Crippen LogP contribution in [-0.4, -0.2) is 52.4 Å². The Morgan fingerprint density at radius 2 is 1.81 bits per heavy atom. The summed E-state index contributed by atoms with van der Waals surface area (Å²) in [4.78, 5) is 12.5. The number of rotatable bonds is 6. The summed E-state index contributed by atoms with van der Waals surface area (Å²) in [6.07, 6.45) is 4.28. The first-order valence-corrected chi connectivity index (χ1v) is 15.4. The highest BCUT2D eigenvalue weighted by atomic mass is 35.5. The Morgan fingerprint density at radius 1 is 1.11 bits per heavy atom. The Bertz CT molecular complexity index is 1450. The number of halogens is 2. The lowest BCUT2D eigenvalue weighted by Crippen LogP contribution is -2.41. The molecular formula is C24H26ClFN2O6S2. The van der Waals surface area contributed by atoms with Crippen molar-refractivity contribution in [2.75, 3.05) is 24.1 Å². The third-order valence-electron chi connectivity index (χ3n) is 7.40. The highest BCUT2D eigenvalue weighted by Crippen LogP contribution is 2.53. The standard InChI is InChI=1S/C24H26ClFN2O6S2/c1-35(30,31)28-9-5-17(6-10-28)34-21-13-16(12-19-18(21)14-23(29)24(19)7-2-8-24)27-36(32,33)22-4-3-15(25)11-20(22)26/h3-4,11-13,17,27H,2,5-10,14H2,1H3. The molecule has 3 aliphatic rings. The van der Waals surface area contributed by atoms with E-state index in [1.54, 1.807) is 6.07 Å². The fourth-order valence-electron chi connectivity index (χ4n) is 5.34. The highest BCUT2D eigenvalue weighted by Gasteiger charge is 2.51. The van der Waals surface area contributed by atoms with Crippen LogP contribution in [-0.2, 0) is 36.7 Å². The van der Waals surface area contributed by atoms with E-state index in [1.165, 1.54) is 22.7 Å². The molecule has 194 valence electrons. The van der Waals surface area contributed by atoms with Crippen molar-refractivity contribution in [1.29, 1.82) is 0 Å². The summed E-state index contributed by atoms with van der Waals surface area (Å²) >= 11 is 5.77. The minimum atomic E-state index is -4.29. The molecule has 1 saturated carbocycles. The number of nitrogens with one attached hydrogen (secondary N) is 1. The van der Waals surface area contributed by atoms with Gasteiger partial charge in [-0.2, -0.15) is 0 Å². The highest BCUT2D eigenvalue weighted by molar-refractivity contribution is 7.92. The maximum atomic E-state index is 14.4. The third-order valence-corrected chi connectivity index (χ3v) is 10.4. The second-order valence-corrected chi connectivity index (χ2v) is 13.8. The molecule has 1 N–H and O–H groups in total. The van der Waals surface area contributed by atoms with Crippen LogP contribution in [0.1, 0.15) is 43.2 Å². The molecule has 0 aromatic heterocycles. The number of hydrogen-bond donors (Lipinski definition) is 1.